The van der Waals surface area contributed by atoms with Crippen molar-refractivity contribution in [2.24, 2.45) is 0 Å². The quantitative estimate of drug-likeness (QED) is 0.467. The standard InChI is InChI=1S/C24H19NO5/c26-21(14-25-23(27)16-30-22-12-5-4-11-20(22)24(25)28)18-9-6-10-19(13-18)29-15-17-7-2-1-3-8-17/h1-13H,14-16H2. The van der Waals surface area contributed by atoms with Crippen molar-refractivity contribution in [2.45, 2.75) is 6.61 Å². The number of para-hydroxylation sites is 1. The highest BCUT2D eigenvalue weighted by Gasteiger charge is 2.31. The Bertz CT molecular complexity index is 1090. The molecule has 1 heterocycles. The maximum absolute atomic E-state index is 12.8. The van der Waals surface area contributed by atoms with Crippen LogP contribution in [0.15, 0.2) is 78.9 Å². The van der Waals surface area contributed by atoms with E-state index < -0.39 is 11.8 Å². The lowest BCUT2D eigenvalue weighted by Gasteiger charge is -2.17. The van der Waals surface area contributed by atoms with Crippen molar-refractivity contribution in [2.75, 3.05) is 13.2 Å². The van der Waals surface area contributed by atoms with Gasteiger partial charge in [-0.25, -0.2) is 0 Å². The summed E-state index contributed by atoms with van der Waals surface area (Å²) in [5.74, 6) is -0.589. The smallest absolute Gasteiger partial charge is 0.267 e. The third-order valence-electron chi connectivity index (χ3n) is 4.72. The summed E-state index contributed by atoms with van der Waals surface area (Å²) in [6.07, 6.45) is 0. The fraction of sp³-hybridized carbons (Fsp3) is 0.125. The van der Waals surface area contributed by atoms with Crippen molar-refractivity contribution >= 4 is 17.6 Å². The lowest BCUT2D eigenvalue weighted by molar-refractivity contribution is -0.129. The number of Topliss-reactive ketones (excluding diaryl/α,β-unsaturated/α-hetero) is 1. The Morgan fingerprint density at radius 2 is 1.70 bits per heavy atom. The average Bonchev–Trinajstić information content (AvgIpc) is 2.91. The van der Waals surface area contributed by atoms with E-state index in [0.717, 1.165) is 10.5 Å². The van der Waals surface area contributed by atoms with E-state index in [9.17, 15) is 14.4 Å². The molecule has 150 valence electrons. The summed E-state index contributed by atoms with van der Waals surface area (Å²) in [5, 5.41) is 0. The number of ether oxygens (including phenoxy) is 2. The lowest BCUT2D eigenvalue weighted by atomic mass is 10.1. The molecule has 2 amide bonds. The van der Waals surface area contributed by atoms with Crippen LogP contribution in [0.3, 0.4) is 0 Å². The topological polar surface area (TPSA) is 72.9 Å². The summed E-state index contributed by atoms with van der Waals surface area (Å²) in [7, 11) is 0. The Labute approximate surface area is 173 Å². The number of carbonyl (C=O) groups excluding carboxylic acids is 3. The number of rotatable bonds is 6. The number of ketones is 1. The predicted molar refractivity (Wildman–Crippen MR) is 110 cm³/mol. The second kappa shape index (κ2) is 8.61. The molecule has 0 spiro atoms. The number of amides is 2. The number of fused-ring (bicyclic) bond motifs is 1. The van der Waals surface area contributed by atoms with E-state index >= 15 is 0 Å². The van der Waals surface area contributed by atoms with Crippen LogP contribution in [0.25, 0.3) is 0 Å². The number of hydrogen-bond donors (Lipinski definition) is 0. The van der Waals surface area contributed by atoms with Crippen molar-refractivity contribution < 1.29 is 23.9 Å². The van der Waals surface area contributed by atoms with E-state index in [4.69, 9.17) is 9.47 Å². The number of imide groups is 1. The van der Waals surface area contributed by atoms with Crippen LogP contribution >= 0.6 is 0 Å². The van der Waals surface area contributed by atoms with Crippen molar-refractivity contribution in [3.63, 3.8) is 0 Å². The highest BCUT2D eigenvalue weighted by atomic mass is 16.5. The molecule has 1 aliphatic heterocycles. The Morgan fingerprint density at radius 3 is 2.53 bits per heavy atom. The molecule has 30 heavy (non-hydrogen) atoms. The zero-order valence-corrected chi connectivity index (χ0v) is 16.1. The molecule has 0 fully saturated rings. The van der Waals surface area contributed by atoms with Gasteiger partial charge in [-0.1, -0.05) is 54.6 Å². The van der Waals surface area contributed by atoms with E-state index in [1.165, 1.54) is 0 Å². The number of carbonyl (C=O) groups is 3. The van der Waals surface area contributed by atoms with E-state index in [0.29, 0.717) is 23.7 Å². The van der Waals surface area contributed by atoms with Crippen molar-refractivity contribution in [1.82, 2.24) is 4.90 Å². The molecule has 0 saturated carbocycles. The Kier molecular flexibility index (Phi) is 5.57. The van der Waals surface area contributed by atoms with Crippen molar-refractivity contribution in [3.8, 4) is 11.5 Å². The number of nitrogens with zero attached hydrogens (tertiary/aromatic N) is 1. The monoisotopic (exact) mass is 401 g/mol. The zero-order chi connectivity index (χ0) is 20.9. The van der Waals surface area contributed by atoms with Gasteiger partial charge in [0.15, 0.2) is 12.4 Å². The molecule has 0 saturated heterocycles. The summed E-state index contributed by atoms with van der Waals surface area (Å²) in [4.78, 5) is 38.9. The maximum atomic E-state index is 12.8. The van der Waals surface area contributed by atoms with Crippen LogP contribution in [-0.4, -0.2) is 35.6 Å². The largest absolute Gasteiger partial charge is 0.489 e. The summed E-state index contributed by atoms with van der Waals surface area (Å²) in [6, 6.07) is 23.0. The third kappa shape index (κ3) is 4.22. The first kappa shape index (κ1) is 19.4. The lowest BCUT2D eigenvalue weighted by Crippen LogP contribution is -2.41. The second-order valence-corrected chi connectivity index (χ2v) is 6.80. The van der Waals surface area contributed by atoms with Gasteiger partial charge in [-0.05, 0) is 29.8 Å². The average molecular weight is 401 g/mol. The van der Waals surface area contributed by atoms with Crippen molar-refractivity contribution in [3.05, 3.63) is 95.6 Å². The van der Waals surface area contributed by atoms with Gasteiger partial charge in [0.1, 0.15) is 18.1 Å². The van der Waals surface area contributed by atoms with Gasteiger partial charge in [0.25, 0.3) is 11.8 Å². The molecule has 0 unspecified atom stereocenters. The fourth-order valence-corrected chi connectivity index (χ4v) is 3.14. The highest BCUT2D eigenvalue weighted by Crippen LogP contribution is 2.23. The molecular formula is C24H19NO5. The molecule has 0 radical (unpaired) electrons. The fourth-order valence-electron chi connectivity index (χ4n) is 3.14. The summed E-state index contributed by atoms with van der Waals surface area (Å²) < 4.78 is 11.2. The molecule has 0 bridgehead atoms. The predicted octanol–water partition coefficient (Wildman–Crippen LogP) is 3.51. The molecule has 0 N–H and O–H groups in total. The minimum atomic E-state index is -0.555. The molecule has 0 aromatic heterocycles. The molecule has 3 aromatic carbocycles. The van der Waals surface area contributed by atoms with Crippen LogP contribution in [0.1, 0.15) is 26.3 Å². The Balaban J connectivity index is 1.48. The molecule has 0 aliphatic carbocycles. The van der Waals surface area contributed by atoms with E-state index in [-0.39, 0.29) is 24.5 Å². The normalized spacial score (nSPS) is 13.3. The Morgan fingerprint density at radius 1 is 0.933 bits per heavy atom. The molecule has 6 nitrogen and oxygen atoms in total. The van der Waals surface area contributed by atoms with E-state index in [1.54, 1.807) is 48.5 Å². The minimum Gasteiger partial charge on any atom is -0.489 e. The molecule has 6 heteroatoms. The molecule has 0 atom stereocenters. The molecule has 1 aliphatic rings. The Hall–Kier alpha value is -3.93. The SMILES string of the molecule is O=C(CN1C(=O)COc2ccccc2C1=O)c1cccc(OCc2ccccc2)c1. The van der Waals surface area contributed by atoms with Crippen molar-refractivity contribution in [1.29, 1.82) is 0 Å². The van der Waals surface area contributed by atoms with Gasteiger partial charge in [0.2, 0.25) is 0 Å². The van der Waals surface area contributed by atoms with Crippen LogP contribution in [0.5, 0.6) is 11.5 Å². The summed E-state index contributed by atoms with van der Waals surface area (Å²) in [5.41, 5.74) is 1.63. The summed E-state index contributed by atoms with van der Waals surface area (Å²) in [6.45, 7) is -0.288. The van der Waals surface area contributed by atoms with Gasteiger partial charge in [0.05, 0.1) is 12.1 Å². The zero-order valence-electron chi connectivity index (χ0n) is 16.1. The van der Waals surface area contributed by atoms with Crippen LogP contribution in [0, 0.1) is 0 Å². The van der Waals surface area contributed by atoms with Gasteiger partial charge >= 0.3 is 0 Å². The van der Waals surface area contributed by atoms with E-state index in [1.807, 2.05) is 30.3 Å². The summed E-state index contributed by atoms with van der Waals surface area (Å²) >= 11 is 0. The van der Waals surface area contributed by atoms with Gasteiger partial charge in [-0.15, -0.1) is 0 Å². The third-order valence-corrected chi connectivity index (χ3v) is 4.72. The minimum absolute atomic E-state index is 0.260. The van der Waals surface area contributed by atoms with Gasteiger partial charge in [-0.2, -0.15) is 0 Å². The highest BCUT2D eigenvalue weighted by molar-refractivity contribution is 6.11. The number of hydrogen-bond acceptors (Lipinski definition) is 5. The van der Waals surface area contributed by atoms with Gasteiger partial charge in [-0.3, -0.25) is 19.3 Å². The van der Waals surface area contributed by atoms with E-state index in [2.05, 4.69) is 0 Å². The van der Waals surface area contributed by atoms with Gasteiger partial charge < -0.3 is 9.47 Å². The van der Waals surface area contributed by atoms with Crippen LogP contribution < -0.4 is 9.47 Å². The number of benzene rings is 3. The van der Waals surface area contributed by atoms with Crippen LogP contribution in [-0.2, 0) is 11.4 Å². The van der Waals surface area contributed by atoms with Crippen LogP contribution in [0.4, 0.5) is 0 Å². The first-order valence-electron chi connectivity index (χ1n) is 9.48. The van der Waals surface area contributed by atoms with Gasteiger partial charge in [0, 0.05) is 5.56 Å². The molecule has 3 aromatic rings. The molecule has 4 rings (SSSR count). The molecular weight excluding hydrogens is 382 g/mol. The first-order chi connectivity index (χ1) is 14.6. The van der Waals surface area contributed by atoms with Crippen LogP contribution in [0.2, 0.25) is 0 Å². The maximum Gasteiger partial charge on any atom is 0.267 e. The first-order valence-corrected chi connectivity index (χ1v) is 9.48. The second-order valence-electron chi connectivity index (χ2n) is 6.80.